The lowest BCUT2D eigenvalue weighted by Gasteiger charge is -2.18. The molecule has 0 unspecified atom stereocenters. The molecule has 0 spiro atoms. The third kappa shape index (κ3) is 6.11. The first-order valence-corrected chi connectivity index (χ1v) is 9.18. The minimum Gasteiger partial charge on any atom is -0.366 e. The van der Waals surface area contributed by atoms with Crippen molar-refractivity contribution in [2.45, 2.75) is 33.9 Å². The molecule has 3 amide bonds. The van der Waals surface area contributed by atoms with E-state index < -0.39 is 5.91 Å². The van der Waals surface area contributed by atoms with Crippen molar-refractivity contribution in [3.05, 3.63) is 64.7 Å². The van der Waals surface area contributed by atoms with Crippen LogP contribution in [0, 0.1) is 6.92 Å². The Bertz CT molecular complexity index is 783. The van der Waals surface area contributed by atoms with Gasteiger partial charge in [-0.05, 0) is 48.8 Å². The first kappa shape index (κ1) is 20.5. The van der Waals surface area contributed by atoms with Crippen LogP contribution in [-0.4, -0.2) is 29.9 Å². The van der Waals surface area contributed by atoms with Crippen LogP contribution in [0.4, 0.5) is 10.5 Å². The molecule has 27 heavy (non-hydrogen) atoms. The molecule has 2 aromatic rings. The minimum atomic E-state index is -0.525. The molecule has 0 fully saturated rings. The van der Waals surface area contributed by atoms with Crippen LogP contribution in [-0.2, 0) is 13.1 Å². The summed E-state index contributed by atoms with van der Waals surface area (Å²) in [5.41, 5.74) is 9.35. The number of urea groups is 1. The molecule has 6 nitrogen and oxygen atoms in total. The van der Waals surface area contributed by atoms with E-state index in [1.165, 1.54) is 5.56 Å². The molecule has 0 radical (unpaired) electrons. The number of nitrogens with zero attached hydrogens (tertiary/aromatic N) is 1. The molecular weight excluding hydrogens is 340 g/mol. The fraction of sp³-hybridized carbons (Fsp3) is 0.333. The summed E-state index contributed by atoms with van der Waals surface area (Å²) in [4.78, 5) is 25.8. The molecule has 0 bridgehead atoms. The number of primary amides is 1. The van der Waals surface area contributed by atoms with Crippen molar-refractivity contribution in [1.29, 1.82) is 0 Å². The van der Waals surface area contributed by atoms with Gasteiger partial charge in [0.15, 0.2) is 0 Å². The van der Waals surface area contributed by atoms with E-state index in [9.17, 15) is 9.59 Å². The summed E-state index contributed by atoms with van der Waals surface area (Å²) < 4.78 is 0. The van der Waals surface area contributed by atoms with Crippen molar-refractivity contribution in [2.24, 2.45) is 5.73 Å². The standard InChI is InChI=1S/C21H28N4O2/c1-4-25(5-2)14-17-9-7-16(8-10-17)13-23-21(27)24-19-12-18(20(22)26)11-6-15(19)3/h6-12H,4-5,13-14H2,1-3H3,(H2,22,26)(H2,23,24,27). The molecule has 144 valence electrons. The van der Waals surface area contributed by atoms with E-state index >= 15 is 0 Å². The molecule has 0 aliphatic heterocycles. The molecule has 2 aromatic carbocycles. The van der Waals surface area contributed by atoms with Crippen LogP contribution in [0.1, 0.15) is 40.9 Å². The number of aryl methyl sites for hydroxylation is 1. The second-order valence-electron chi connectivity index (χ2n) is 6.48. The van der Waals surface area contributed by atoms with Crippen LogP contribution in [0.25, 0.3) is 0 Å². The van der Waals surface area contributed by atoms with E-state index in [4.69, 9.17) is 5.73 Å². The second kappa shape index (κ2) is 9.73. The van der Waals surface area contributed by atoms with Gasteiger partial charge in [-0.1, -0.05) is 44.2 Å². The Morgan fingerprint density at radius 1 is 1.00 bits per heavy atom. The van der Waals surface area contributed by atoms with Gasteiger partial charge in [0, 0.05) is 24.3 Å². The lowest BCUT2D eigenvalue weighted by Crippen LogP contribution is -2.28. The van der Waals surface area contributed by atoms with Crippen molar-refractivity contribution >= 4 is 17.6 Å². The second-order valence-corrected chi connectivity index (χ2v) is 6.48. The van der Waals surface area contributed by atoms with Gasteiger partial charge in [0.2, 0.25) is 5.91 Å². The Morgan fingerprint density at radius 3 is 2.22 bits per heavy atom. The topological polar surface area (TPSA) is 87.5 Å². The maximum Gasteiger partial charge on any atom is 0.319 e. The highest BCUT2D eigenvalue weighted by Gasteiger charge is 2.08. The highest BCUT2D eigenvalue weighted by atomic mass is 16.2. The number of anilines is 1. The highest BCUT2D eigenvalue weighted by Crippen LogP contribution is 2.16. The molecular formula is C21H28N4O2. The summed E-state index contributed by atoms with van der Waals surface area (Å²) in [5, 5.41) is 5.59. The molecule has 0 aliphatic rings. The van der Waals surface area contributed by atoms with Gasteiger partial charge >= 0.3 is 6.03 Å². The van der Waals surface area contributed by atoms with Crippen molar-refractivity contribution < 1.29 is 9.59 Å². The number of benzene rings is 2. The quantitative estimate of drug-likeness (QED) is 0.668. The SMILES string of the molecule is CCN(CC)Cc1ccc(CNC(=O)Nc2cc(C(N)=O)ccc2C)cc1. The van der Waals surface area contributed by atoms with Crippen LogP contribution in [0.2, 0.25) is 0 Å². The molecule has 0 saturated heterocycles. The molecule has 0 saturated carbocycles. The zero-order valence-electron chi connectivity index (χ0n) is 16.2. The Hall–Kier alpha value is -2.86. The van der Waals surface area contributed by atoms with Crippen LogP contribution in [0.3, 0.4) is 0 Å². The Balaban J connectivity index is 1.90. The first-order chi connectivity index (χ1) is 12.9. The normalized spacial score (nSPS) is 10.7. The largest absolute Gasteiger partial charge is 0.366 e. The van der Waals surface area contributed by atoms with E-state index in [-0.39, 0.29) is 6.03 Å². The van der Waals surface area contributed by atoms with Crippen molar-refractivity contribution in [3.8, 4) is 0 Å². The number of nitrogens with two attached hydrogens (primary N) is 1. The monoisotopic (exact) mass is 368 g/mol. The summed E-state index contributed by atoms with van der Waals surface area (Å²) in [7, 11) is 0. The van der Waals surface area contributed by atoms with Crippen LogP contribution >= 0.6 is 0 Å². The third-order valence-electron chi connectivity index (χ3n) is 4.55. The molecule has 0 heterocycles. The minimum absolute atomic E-state index is 0.327. The van der Waals surface area contributed by atoms with Crippen molar-refractivity contribution in [1.82, 2.24) is 10.2 Å². The van der Waals surface area contributed by atoms with Crippen LogP contribution in [0.15, 0.2) is 42.5 Å². The highest BCUT2D eigenvalue weighted by molar-refractivity contribution is 5.96. The maximum atomic E-state index is 12.2. The Labute approximate surface area is 160 Å². The molecule has 2 rings (SSSR count). The third-order valence-corrected chi connectivity index (χ3v) is 4.55. The van der Waals surface area contributed by atoms with Crippen molar-refractivity contribution in [3.63, 3.8) is 0 Å². The van der Waals surface area contributed by atoms with Gasteiger partial charge in [0.05, 0.1) is 0 Å². The smallest absolute Gasteiger partial charge is 0.319 e. The van der Waals surface area contributed by atoms with Gasteiger partial charge in [0.25, 0.3) is 0 Å². The predicted molar refractivity (Wildman–Crippen MR) is 109 cm³/mol. The van der Waals surface area contributed by atoms with E-state index in [2.05, 4.69) is 41.5 Å². The summed E-state index contributed by atoms with van der Waals surface area (Å²) in [6.07, 6.45) is 0. The van der Waals surface area contributed by atoms with Gasteiger partial charge in [-0.25, -0.2) is 4.79 Å². The molecule has 0 aromatic heterocycles. The molecule has 0 atom stereocenters. The summed E-state index contributed by atoms with van der Waals surface area (Å²) in [5.74, 6) is -0.525. The van der Waals surface area contributed by atoms with E-state index in [1.54, 1.807) is 18.2 Å². The van der Waals surface area contributed by atoms with Gasteiger partial charge < -0.3 is 16.4 Å². The fourth-order valence-corrected chi connectivity index (χ4v) is 2.73. The number of nitrogens with one attached hydrogen (secondary N) is 2. The zero-order valence-corrected chi connectivity index (χ0v) is 16.2. The predicted octanol–water partition coefficient (Wildman–Crippen LogP) is 3.26. The van der Waals surface area contributed by atoms with Crippen LogP contribution in [0.5, 0.6) is 0 Å². The number of hydrogen-bond donors (Lipinski definition) is 3. The molecule has 4 N–H and O–H groups in total. The number of rotatable bonds is 8. The Kier molecular flexibility index (Phi) is 7.37. The van der Waals surface area contributed by atoms with Crippen LogP contribution < -0.4 is 16.4 Å². The fourth-order valence-electron chi connectivity index (χ4n) is 2.73. The Morgan fingerprint density at radius 2 is 1.63 bits per heavy atom. The van der Waals surface area contributed by atoms with Gasteiger partial charge in [-0.2, -0.15) is 0 Å². The maximum absolute atomic E-state index is 12.2. The summed E-state index contributed by atoms with van der Waals surface area (Å²) in [6.45, 7) is 9.56. The number of carbonyl (C=O) groups is 2. The van der Waals surface area contributed by atoms with E-state index in [0.717, 1.165) is 30.8 Å². The lowest BCUT2D eigenvalue weighted by molar-refractivity contribution is 0.1000. The first-order valence-electron chi connectivity index (χ1n) is 9.18. The lowest BCUT2D eigenvalue weighted by atomic mass is 10.1. The number of hydrogen-bond acceptors (Lipinski definition) is 3. The summed E-state index contributed by atoms with van der Waals surface area (Å²) in [6, 6.07) is 12.9. The van der Waals surface area contributed by atoms with E-state index in [1.807, 2.05) is 19.1 Å². The average Bonchev–Trinajstić information content (AvgIpc) is 2.67. The molecule has 6 heteroatoms. The number of amides is 3. The van der Waals surface area contributed by atoms with Gasteiger partial charge in [-0.15, -0.1) is 0 Å². The van der Waals surface area contributed by atoms with Gasteiger partial charge in [-0.3, -0.25) is 9.69 Å². The average molecular weight is 368 g/mol. The zero-order chi connectivity index (χ0) is 19.8. The van der Waals surface area contributed by atoms with Crippen molar-refractivity contribution in [2.75, 3.05) is 18.4 Å². The number of carbonyl (C=O) groups excluding carboxylic acids is 2. The van der Waals surface area contributed by atoms with Gasteiger partial charge in [0.1, 0.15) is 0 Å². The summed E-state index contributed by atoms with van der Waals surface area (Å²) >= 11 is 0. The molecule has 0 aliphatic carbocycles. The van der Waals surface area contributed by atoms with E-state index in [0.29, 0.717) is 17.8 Å².